The molecular weight excluding hydrogens is 409 g/mol. The molecule has 148 valence electrons. The second-order valence-electron chi connectivity index (χ2n) is 7.02. The summed E-state index contributed by atoms with van der Waals surface area (Å²) in [6.07, 6.45) is 0.994. The summed E-state index contributed by atoms with van der Waals surface area (Å²) in [5.41, 5.74) is 2.91. The van der Waals surface area contributed by atoms with E-state index < -0.39 is 11.7 Å². The molecule has 1 atom stereocenters. The first-order valence-electron chi connectivity index (χ1n) is 9.38. The summed E-state index contributed by atoms with van der Waals surface area (Å²) in [7, 11) is 0. The van der Waals surface area contributed by atoms with E-state index in [1.807, 2.05) is 0 Å². The van der Waals surface area contributed by atoms with Crippen molar-refractivity contribution in [2.75, 3.05) is 17.4 Å². The molecule has 0 spiro atoms. The van der Waals surface area contributed by atoms with E-state index in [0.29, 0.717) is 23.1 Å². The third kappa shape index (κ3) is 3.61. The fourth-order valence-corrected chi connectivity index (χ4v) is 5.22. The van der Waals surface area contributed by atoms with Crippen molar-refractivity contribution in [2.24, 2.45) is 0 Å². The molecule has 1 saturated heterocycles. The molecule has 4 rings (SSSR count). The van der Waals surface area contributed by atoms with Crippen LogP contribution >= 0.6 is 23.4 Å². The highest BCUT2D eigenvalue weighted by atomic mass is 35.5. The van der Waals surface area contributed by atoms with E-state index in [4.69, 9.17) is 11.6 Å². The molecule has 0 bridgehead atoms. The van der Waals surface area contributed by atoms with Crippen LogP contribution in [0.5, 0.6) is 0 Å². The van der Waals surface area contributed by atoms with Crippen LogP contribution in [0, 0.1) is 17.1 Å². The number of thioether (sulfide) groups is 1. The minimum atomic E-state index is -0.657. The molecule has 2 heterocycles. The summed E-state index contributed by atoms with van der Waals surface area (Å²) in [5, 5.41) is 10.7. The molecule has 2 aliphatic heterocycles. The Hall–Kier alpha value is -2.49. The fourth-order valence-electron chi connectivity index (χ4n) is 3.76. The number of allylic oxidation sites excluding steroid dienone is 1. The Balaban J connectivity index is 1.67. The van der Waals surface area contributed by atoms with E-state index in [-0.39, 0.29) is 22.9 Å². The number of fused-ring (bicyclic) bond motifs is 1. The minimum absolute atomic E-state index is 0.0240. The van der Waals surface area contributed by atoms with Crippen LogP contribution in [0.4, 0.5) is 10.1 Å². The van der Waals surface area contributed by atoms with Gasteiger partial charge < -0.3 is 4.90 Å². The predicted molar refractivity (Wildman–Crippen MR) is 114 cm³/mol. The van der Waals surface area contributed by atoms with Crippen LogP contribution in [-0.4, -0.2) is 23.4 Å². The van der Waals surface area contributed by atoms with Crippen molar-refractivity contribution < 1.29 is 9.18 Å². The number of nitrogens with zero attached hydrogens (tertiary/aromatic N) is 3. The molecule has 29 heavy (non-hydrogen) atoms. The van der Waals surface area contributed by atoms with Gasteiger partial charge >= 0.3 is 0 Å². The number of nitriles is 1. The lowest BCUT2D eigenvalue weighted by Crippen LogP contribution is -2.47. The van der Waals surface area contributed by atoms with Crippen LogP contribution in [-0.2, 0) is 11.2 Å². The minimum Gasteiger partial charge on any atom is -0.344 e. The number of hydrogen-bond donors (Lipinski definition) is 0. The van der Waals surface area contributed by atoms with Crippen molar-refractivity contribution in [2.45, 2.75) is 25.7 Å². The van der Waals surface area contributed by atoms with Crippen molar-refractivity contribution in [3.05, 3.63) is 75.0 Å². The van der Waals surface area contributed by atoms with Crippen LogP contribution in [0.15, 0.2) is 53.1 Å². The number of aryl methyl sites for hydroxylation is 1. The van der Waals surface area contributed by atoms with Gasteiger partial charge in [0.2, 0.25) is 5.91 Å². The van der Waals surface area contributed by atoms with Gasteiger partial charge in [-0.05, 0) is 36.2 Å². The quantitative estimate of drug-likeness (QED) is 0.670. The second-order valence-corrected chi connectivity index (χ2v) is 8.36. The van der Waals surface area contributed by atoms with E-state index in [1.54, 1.807) is 11.0 Å². The van der Waals surface area contributed by atoms with Gasteiger partial charge in [-0.15, -0.1) is 0 Å². The van der Waals surface area contributed by atoms with Gasteiger partial charge in [-0.3, -0.25) is 9.69 Å². The summed E-state index contributed by atoms with van der Waals surface area (Å²) in [4.78, 5) is 16.7. The lowest BCUT2D eigenvalue weighted by Gasteiger charge is -2.42. The second kappa shape index (κ2) is 8.10. The predicted octanol–water partition coefficient (Wildman–Crippen LogP) is 5.26. The van der Waals surface area contributed by atoms with Crippen molar-refractivity contribution in [1.82, 2.24) is 4.90 Å². The molecule has 7 heteroatoms. The van der Waals surface area contributed by atoms with Gasteiger partial charge in [0.1, 0.15) is 5.82 Å². The maximum absolute atomic E-state index is 14.5. The van der Waals surface area contributed by atoms with Crippen LogP contribution in [0.3, 0.4) is 0 Å². The van der Waals surface area contributed by atoms with Gasteiger partial charge in [0.25, 0.3) is 0 Å². The largest absolute Gasteiger partial charge is 0.344 e. The lowest BCUT2D eigenvalue weighted by molar-refractivity contribution is -0.129. The molecule has 2 aromatic rings. The van der Waals surface area contributed by atoms with Gasteiger partial charge in [-0.1, -0.05) is 48.5 Å². The lowest BCUT2D eigenvalue weighted by atomic mass is 9.86. The average Bonchev–Trinajstić information content (AvgIpc) is 2.74. The normalized spacial score (nSPS) is 19.2. The molecule has 0 N–H and O–H groups in total. The standard InChI is InChI=1S/C22H19ClFN3OS/c1-2-14-6-8-15(9-7-14)26-12-27-20(28)10-16(17(11-25)22(27)29-13-26)21-18(23)4-3-5-19(21)24/h3-9,16H,2,10,12-13H2,1H3/t16-/m1/s1. The SMILES string of the molecule is CCc1ccc(N2CSC3=C(C#N)[C@H](c4c(F)cccc4Cl)CC(=O)N3C2)cc1. The maximum atomic E-state index is 14.5. The monoisotopic (exact) mass is 427 g/mol. The van der Waals surface area contributed by atoms with Crippen molar-refractivity contribution in [1.29, 1.82) is 5.26 Å². The van der Waals surface area contributed by atoms with Gasteiger partial charge in [0, 0.05) is 28.6 Å². The third-order valence-corrected chi connectivity index (χ3v) is 6.84. The van der Waals surface area contributed by atoms with Crippen molar-refractivity contribution >= 4 is 35.0 Å². The highest BCUT2D eigenvalue weighted by Gasteiger charge is 2.39. The Bertz CT molecular complexity index is 1010. The summed E-state index contributed by atoms with van der Waals surface area (Å²) in [6, 6.07) is 14.9. The zero-order chi connectivity index (χ0) is 20.5. The average molecular weight is 428 g/mol. The molecule has 2 aliphatic rings. The number of benzene rings is 2. The highest BCUT2D eigenvalue weighted by Crippen LogP contribution is 2.45. The summed E-state index contributed by atoms with van der Waals surface area (Å²) in [6.45, 7) is 2.48. The number of amides is 1. The topological polar surface area (TPSA) is 47.3 Å². The number of halogens is 2. The van der Waals surface area contributed by atoms with Crippen LogP contribution < -0.4 is 4.90 Å². The Morgan fingerprint density at radius 1 is 1.28 bits per heavy atom. The molecule has 0 aromatic heterocycles. The Morgan fingerprint density at radius 3 is 2.69 bits per heavy atom. The molecule has 4 nitrogen and oxygen atoms in total. The molecule has 1 amide bonds. The summed E-state index contributed by atoms with van der Waals surface area (Å²) >= 11 is 7.65. The first kappa shape index (κ1) is 19.8. The van der Waals surface area contributed by atoms with Gasteiger partial charge in [-0.2, -0.15) is 5.26 Å². The first-order chi connectivity index (χ1) is 14.0. The van der Waals surface area contributed by atoms with Gasteiger partial charge in [0.05, 0.1) is 29.2 Å². The molecule has 0 unspecified atom stereocenters. The van der Waals surface area contributed by atoms with Crippen LogP contribution in [0.25, 0.3) is 0 Å². The number of carbonyl (C=O) groups excluding carboxylic acids is 1. The molecular formula is C22H19ClFN3OS. The van der Waals surface area contributed by atoms with Crippen molar-refractivity contribution in [3.63, 3.8) is 0 Å². The van der Waals surface area contributed by atoms with Crippen molar-refractivity contribution in [3.8, 4) is 6.07 Å². The Labute approximate surface area is 178 Å². The van der Waals surface area contributed by atoms with E-state index in [1.165, 1.54) is 29.5 Å². The van der Waals surface area contributed by atoms with E-state index in [2.05, 4.69) is 42.2 Å². The van der Waals surface area contributed by atoms with Crippen LogP contribution in [0.1, 0.15) is 30.4 Å². The molecule has 2 aromatic carbocycles. The van der Waals surface area contributed by atoms with Gasteiger partial charge in [-0.25, -0.2) is 4.39 Å². The van der Waals surface area contributed by atoms with E-state index >= 15 is 0 Å². The third-order valence-electron chi connectivity index (χ3n) is 5.35. The highest BCUT2D eigenvalue weighted by molar-refractivity contribution is 8.03. The summed E-state index contributed by atoms with van der Waals surface area (Å²) in [5.74, 6) is -0.676. The molecule has 0 saturated carbocycles. The van der Waals surface area contributed by atoms with Gasteiger partial charge in [0.15, 0.2) is 0 Å². The molecule has 0 aliphatic carbocycles. The number of hydrogen-bond acceptors (Lipinski definition) is 4. The number of anilines is 1. The Morgan fingerprint density at radius 2 is 2.03 bits per heavy atom. The van der Waals surface area contributed by atoms with Crippen LogP contribution in [0.2, 0.25) is 5.02 Å². The maximum Gasteiger partial charge on any atom is 0.229 e. The fraction of sp³-hybridized carbons (Fsp3) is 0.273. The Kier molecular flexibility index (Phi) is 5.53. The first-order valence-corrected chi connectivity index (χ1v) is 10.7. The smallest absolute Gasteiger partial charge is 0.229 e. The summed E-state index contributed by atoms with van der Waals surface area (Å²) < 4.78 is 14.5. The zero-order valence-corrected chi connectivity index (χ0v) is 17.4. The molecule has 0 radical (unpaired) electrons. The number of carbonyl (C=O) groups is 1. The van der Waals surface area contributed by atoms with E-state index in [9.17, 15) is 14.4 Å². The molecule has 1 fully saturated rings. The number of rotatable bonds is 3. The zero-order valence-electron chi connectivity index (χ0n) is 15.9. The van der Waals surface area contributed by atoms with E-state index in [0.717, 1.165) is 12.1 Å².